The number of carbonyl (C=O) groups excluding carboxylic acids is 1. The summed E-state index contributed by atoms with van der Waals surface area (Å²) >= 11 is 6.38. The third-order valence-electron chi connectivity index (χ3n) is 4.89. The first kappa shape index (κ1) is 19.4. The number of allylic oxidation sites excluding steroid dienone is 1. The van der Waals surface area contributed by atoms with E-state index in [0.717, 1.165) is 28.8 Å². The Morgan fingerprint density at radius 2 is 2.07 bits per heavy atom. The van der Waals surface area contributed by atoms with Gasteiger partial charge in [-0.2, -0.15) is 0 Å². The van der Waals surface area contributed by atoms with Gasteiger partial charge in [-0.25, -0.2) is 0 Å². The summed E-state index contributed by atoms with van der Waals surface area (Å²) in [5.41, 5.74) is 3.18. The predicted octanol–water partition coefficient (Wildman–Crippen LogP) is 4.79. The third-order valence-corrected chi connectivity index (χ3v) is 5.19. The van der Waals surface area contributed by atoms with Gasteiger partial charge in [0.2, 0.25) is 0 Å². The monoisotopic (exact) mass is 385 g/mol. The van der Waals surface area contributed by atoms with Crippen LogP contribution in [-0.4, -0.2) is 17.4 Å². The molecule has 1 aromatic heterocycles. The summed E-state index contributed by atoms with van der Waals surface area (Å²) in [6, 6.07) is 9.41. The van der Waals surface area contributed by atoms with E-state index in [4.69, 9.17) is 16.3 Å². The highest BCUT2D eigenvalue weighted by Gasteiger charge is 2.22. The molecular weight excluding hydrogens is 362 g/mol. The second-order valence-electron chi connectivity index (χ2n) is 6.78. The maximum Gasteiger partial charge on any atom is 0.251 e. The van der Waals surface area contributed by atoms with Crippen molar-refractivity contribution in [2.45, 2.75) is 39.5 Å². The number of ketones is 1. The van der Waals surface area contributed by atoms with E-state index in [0.29, 0.717) is 36.6 Å². The first-order valence-electron chi connectivity index (χ1n) is 9.40. The molecule has 0 saturated heterocycles. The van der Waals surface area contributed by atoms with Crippen LogP contribution in [0.4, 0.5) is 0 Å². The summed E-state index contributed by atoms with van der Waals surface area (Å²) in [4.78, 5) is 27.0. The highest BCUT2D eigenvalue weighted by atomic mass is 35.5. The van der Waals surface area contributed by atoms with Crippen molar-refractivity contribution in [2.24, 2.45) is 5.92 Å². The molecule has 1 fully saturated rings. The molecule has 0 unspecified atom stereocenters. The molecule has 0 radical (unpaired) electrons. The van der Waals surface area contributed by atoms with Crippen molar-refractivity contribution in [2.75, 3.05) is 6.61 Å². The Kier molecular flexibility index (Phi) is 6.17. The molecule has 0 aliphatic heterocycles. The van der Waals surface area contributed by atoms with Crippen LogP contribution in [-0.2, 0) is 11.2 Å². The number of pyridine rings is 1. The topological polar surface area (TPSA) is 59.2 Å². The Labute approximate surface area is 164 Å². The highest BCUT2D eigenvalue weighted by Crippen LogP contribution is 2.33. The zero-order valence-corrected chi connectivity index (χ0v) is 16.4. The SMILES string of the molecule is CCOc1ccc(/C(=C/[C@H]2CCC(=O)C2)c2ccc(CC)c(=O)[nH]2)cc1Cl. The Hall–Kier alpha value is -2.33. The molecule has 1 atom stereocenters. The van der Waals surface area contributed by atoms with Crippen molar-refractivity contribution < 1.29 is 9.53 Å². The van der Waals surface area contributed by atoms with Gasteiger partial charge in [-0.05, 0) is 49.4 Å². The summed E-state index contributed by atoms with van der Waals surface area (Å²) in [5, 5.41) is 0.523. The molecule has 1 aromatic carbocycles. The lowest BCUT2D eigenvalue weighted by molar-refractivity contribution is -0.117. The standard InChI is InChI=1S/C22H24ClNO3/c1-3-15-6-9-20(24-22(15)26)18(12-14-5-8-17(25)11-14)16-7-10-21(27-4-2)19(23)13-16/h6-7,9-10,12-14H,3-5,8,11H2,1-2H3,(H,24,26)/b18-12-/t14-/m0/s1. The maximum absolute atomic E-state index is 12.3. The largest absolute Gasteiger partial charge is 0.492 e. The van der Waals surface area contributed by atoms with Gasteiger partial charge in [0.05, 0.1) is 11.6 Å². The van der Waals surface area contributed by atoms with Gasteiger partial charge in [0.15, 0.2) is 0 Å². The lowest BCUT2D eigenvalue weighted by Crippen LogP contribution is -2.13. The van der Waals surface area contributed by atoms with Crippen LogP contribution >= 0.6 is 11.6 Å². The van der Waals surface area contributed by atoms with Gasteiger partial charge in [0.25, 0.3) is 5.56 Å². The zero-order chi connectivity index (χ0) is 19.4. The summed E-state index contributed by atoms with van der Waals surface area (Å²) < 4.78 is 5.52. The van der Waals surface area contributed by atoms with Gasteiger partial charge < -0.3 is 9.72 Å². The average Bonchev–Trinajstić information content (AvgIpc) is 3.06. The van der Waals surface area contributed by atoms with Crippen LogP contribution in [0.1, 0.15) is 49.9 Å². The van der Waals surface area contributed by atoms with Crippen molar-refractivity contribution in [3.05, 3.63) is 68.6 Å². The minimum absolute atomic E-state index is 0.0829. The van der Waals surface area contributed by atoms with Crippen molar-refractivity contribution in [3.8, 4) is 5.75 Å². The number of hydrogen-bond acceptors (Lipinski definition) is 3. The van der Waals surface area contributed by atoms with E-state index in [1.165, 1.54) is 0 Å². The average molecular weight is 386 g/mol. The lowest BCUT2D eigenvalue weighted by Gasteiger charge is -2.14. The molecule has 27 heavy (non-hydrogen) atoms. The normalized spacial score (nSPS) is 17.4. The number of benzene rings is 1. The Morgan fingerprint density at radius 1 is 1.26 bits per heavy atom. The number of hydrogen-bond donors (Lipinski definition) is 1. The predicted molar refractivity (Wildman–Crippen MR) is 108 cm³/mol. The maximum atomic E-state index is 12.3. The first-order chi connectivity index (χ1) is 13.0. The van der Waals surface area contributed by atoms with E-state index in [2.05, 4.69) is 11.1 Å². The number of aryl methyl sites for hydroxylation is 1. The van der Waals surface area contributed by atoms with Crippen LogP contribution < -0.4 is 10.3 Å². The van der Waals surface area contributed by atoms with E-state index < -0.39 is 0 Å². The quantitative estimate of drug-likeness (QED) is 0.777. The number of Topliss-reactive ketones (excluding diaryl/α,β-unsaturated/α-hetero) is 1. The van der Waals surface area contributed by atoms with Gasteiger partial charge in [-0.15, -0.1) is 0 Å². The van der Waals surface area contributed by atoms with Gasteiger partial charge in [-0.1, -0.05) is 36.7 Å². The summed E-state index contributed by atoms with van der Waals surface area (Å²) in [6.45, 7) is 4.40. The van der Waals surface area contributed by atoms with Crippen LogP contribution in [0.15, 0.2) is 41.2 Å². The Morgan fingerprint density at radius 3 is 2.67 bits per heavy atom. The highest BCUT2D eigenvalue weighted by molar-refractivity contribution is 6.32. The number of halogens is 1. The minimum Gasteiger partial charge on any atom is -0.492 e. The molecule has 142 valence electrons. The number of carbonyl (C=O) groups is 1. The summed E-state index contributed by atoms with van der Waals surface area (Å²) in [6.07, 6.45) is 4.77. The number of rotatable bonds is 6. The first-order valence-corrected chi connectivity index (χ1v) is 9.78. The van der Waals surface area contributed by atoms with Gasteiger partial charge in [0, 0.05) is 29.7 Å². The molecule has 2 aromatic rings. The molecule has 1 heterocycles. The lowest BCUT2D eigenvalue weighted by atomic mass is 9.95. The van der Waals surface area contributed by atoms with Crippen molar-refractivity contribution in [1.29, 1.82) is 0 Å². The number of aromatic nitrogens is 1. The smallest absolute Gasteiger partial charge is 0.251 e. The second kappa shape index (κ2) is 8.57. The molecule has 1 N–H and O–H groups in total. The number of H-pyrrole nitrogens is 1. The van der Waals surface area contributed by atoms with Crippen LogP contribution in [0, 0.1) is 5.92 Å². The molecule has 1 aliphatic rings. The van der Waals surface area contributed by atoms with Crippen molar-refractivity contribution in [1.82, 2.24) is 4.98 Å². The number of nitrogens with one attached hydrogen (secondary N) is 1. The summed E-state index contributed by atoms with van der Waals surface area (Å²) in [5.74, 6) is 1.09. The molecule has 3 rings (SSSR count). The number of ether oxygens (including phenoxy) is 1. The summed E-state index contributed by atoms with van der Waals surface area (Å²) in [7, 11) is 0. The molecule has 1 saturated carbocycles. The van der Waals surface area contributed by atoms with Gasteiger partial charge >= 0.3 is 0 Å². The van der Waals surface area contributed by atoms with E-state index in [1.807, 2.05) is 44.2 Å². The molecule has 0 spiro atoms. The fourth-order valence-electron chi connectivity index (χ4n) is 3.44. The second-order valence-corrected chi connectivity index (χ2v) is 7.19. The van der Waals surface area contributed by atoms with Crippen LogP contribution in [0.5, 0.6) is 5.75 Å². The van der Waals surface area contributed by atoms with Crippen LogP contribution in [0.25, 0.3) is 5.57 Å². The molecule has 1 aliphatic carbocycles. The fraction of sp³-hybridized carbons (Fsp3) is 0.364. The van der Waals surface area contributed by atoms with Gasteiger partial charge in [0.1, 0.15) is 11.5 Å². The molecule has 4 nitrogen and oxygen atoms in total. The molecule has 0 bridgehead atoms. The van der Waals surface area contributed by atoms with E-state index in [1.54, 1.807) is 0 Å². The van der Waals surface area contributed by atoms with Crippen molar-refractivity contribution in [3.63, 3.8) is 0 Å². The fourth-order valence-corrected chi connectivity index (χ4v) is 3.68. The zero-order valence-electron chi connectivity index (χ0n) is 15.7. The number of aromatic amines is 1. The molecule has 5 heteroatoms. The minimum atomic E-state index is -0.0829. The third kappa shape index (κ3) is 4.51. The molecular formula is C22H24ClNO3. The van der Waals surface area contributed by atoms with E-state index in [9.17, 15) is 9.59 Å². The Bertz CT molecular complexity index is 929. The van der Waals surface area contributed by atoms with E-state index >= 15 is 0 Å². The van der Waals surface area contributed by atoms with Gasteiger partial charge in [-0.3, -0.25) is 9.59 Å². The van der Waals surface area contributed by atoms with Crippen LogP contribution in [0.2, 0.25) is 5.02 Å². The van der Waals surface area contributed by atoms with E-state index in [-0.39, 0.29) is 17.3 Å². The van der Waals surface area contributed by atoms with Crippen molar-refractivity contribution >= 4 is 23.0 Å². The molecule has 0 amide bonds. The Balaban J connectivity index is 2.06. The van der Waals surface area contributed by atoms with Crippen LogP contribution in [0.3, 0.4) is 0 Å².